The Morgan fingerprint density at radius 3 is 2.82 bits per heavy atom. The van der Waals surface area contributed by atoms with Crippen molar-refractivity contribution < 1.29 is 18.7 Å². The third-order valence-corrected chi connectivity index (χ3v) is 4.77. The number of aryl methyl sites for hydroxylation is 2. The number of anilines is 1. The summed E-state index contributed by atoms with van der Waals surface area (Å²) in [6.45, 7) is 5.68. The van der Waals surface area contributed by atoms with E-state index < -0.39 is 6.09 Å². The normalized spacial score (nSPS) is 14.5. The third-order valence-electron chi connectivity index (χ3n) is 4.54. The Kier molecular flexibility index (Phi) is 6.04. The van der Waals surface area contributed by atoms with Gasteiger partial charge in [0.2, 0.25) is 0 Å². The lowest BCUT2D eigenvalue weighted by atomic mass is 9.93. The minimum Gasteiger partial charge on any atom is -0.455 e. The van der Waals surface area contributed by atoms with Crippen LogP contribution in [0.5, 0.6) is 0 Å². The predicted octanol–water partition coefficient (Wildman–Crippen LogP) is 4.59. The van der Waals surface area contributed by atoms with E-state index in [0.717, 1.165) is 17.5 Å². The lowest BCUT2D eigenvalue weighted by molar-refractivity contribution is 0.0994. The van der Waals surface area contributed by atoms with Crippen LogP contribution in [0.4, 0.5) is 10.5 Å². The van der Waals surface area contributed by atoms with Gasteiger partial charge in [-0.15, -0.1) is 0 Å². The Morgan fingerprint density at radius 1 is 1.29 bits per heavy atom. The van der Waals surface area contributed by atoms with Crippen molar-refractivity contribution in [3.8, 4) is 0 Å². The number of ether oxygens (including phenoxy) is 1. The van der Waals surface area contributed by atoms with Crippen molar-refractivity contribution in [3.63, 3.8) is 0 Å². The molecule has 1 aliphatic rings. The SMILES string of the molecule is CCOC(=O)N/N=C1\CCCc2oc(C(=O)Nc3cc(Cl)ccc3C)c(C)c21. The lowest BCUT2D eigenvalue weighted by Gasteiger charge is -2.13. The van der Waals surface area contributed by atoms with Gasteiger partial charge in [0.25, 0.3) is 5.91 Å². The number of carbonyl (C=O) groups is 2. The second-order valence-electron chi connectivity index (χ2n) is 6.51. The van der Waals surface area contributed by atoms with Crippen LogP contribution in [0.2, 0.25) is 5.02 Å². The van der Waals surface area contributed by atoms with E-state index in [1.807, 2.05) is 19.9 Å². The van der Waals surface area contributed by atoms with Crippen molar-refractivity contribution in [3.05, 3.63) is 51.4 Å². The Hall–Kier alpha value is -2.80. The van der Waals surface area contributed by atoms with Gasteiger partial charge in [0.1, 0.15) is 5.76 Å². The summed E-state index contributed by atoms with van der Waals surface area (Å²) in [5.41, 5.74) is 6.05. The Labute approximate surface area is 168 Å². The molecular formula is C20H22ClN3O4. The summed E-state index contributed by atoms with van der Waals surface area (Å²) >= 11 is 6.03. The van der Waals surface area contributed by atoms with E-state index in [4.69, 9.17) is 20.8 Å². The van der Waals surface area contributed by atoms with Crippen LogP contribution in [0.3, 0.4) is 0 Å². The van der Waals surface area contributed by atoms with Crippen LogP contribution in [-0.4, -0.2) is 24.3 Å². The molecule has 7 nitrogen and oxygen atoms in total. The number of amides is 2. The summed E-state index contributed by atoms with van der Waals surface area (Å²) in [7, 11) is 0. The molecule has 1 aromatic heterocycles. The van der Waals surface area contributed by atoms with E-state index in [9.17, 15) is 9.59 Å². The molecule has 0 unspecified atom stereocenters. The summed E-state index contributed by atoms with van der Waals surface area (Å²) < 4.78 is 10.7. The van der Waals surface area contributed by atoms with E-state index in [1.54, 1.807) is 19.1 Å². The lowest BCUT2D eigenvalue weighted by Crippen LogP contribution is -2.22. The summed E-state index contributed by atoms with van der Waals surface area (Å²) in [5.74, 6) is 0.575. The van der Waals surface area contributed by atoms with Crippen molar-refractivity contribution in [1.29, 1.82) is 0 Å². The van der Waals surface area contributed by atoms with Crippen LogP contribution in [-0.2, 0) is 11.2 Å². The minimum atomic E-state index is -0.613. The molecule has 0 radical (unpaired) electrons. The van der Waals surface area contributed by atoms with E-state index in [2.05, 4.69) is 15.8 Å². The van der Waals surface area contributed by atoms with Gasteiger partial charge in [-0.2, -0.15) is 5.10 Å². The maximum absolute atomic E-state index is 12.8. The first kappa shape index (κ1) is 19.9. The highest BCUT2D eigenvalue weighted by molar-refractivity contribution is 6.31. The van der Waals surface area contributed by atoms with Gasteiger partial charge in [-0.25, -0.2) is 10.2 Å². The monoisotopic (exact) mass is 403 g/mol. The molecule has 0 fully saturated rings. The molecule has 148 valence electrons. The molecule has 0 bridgehead atoms. The maximum atomic E-state index is 12.8. The number of hydrogen-bond acceptors (Lipinski definition) is 5. The zero-order valence-corrected chi connectivity index (χ0v) is 16.8. The van der Waals surface area contributed by atoms with Gasteiger partial charge in [-0.05, 0) is 51.3 Å². The Balaban J connectivity index is 1.87. The van der Waals surface area contributed by atoms with Crippen LogP contribution in [0.1, 0.15) is 52.8 Å². The zero-order valence-electron chi connectivity index (χ0n) is 16.0. The molecule has 1 aliphatic carbocycles. The second kappa shape index (κ2) is 8.48. The average molecular weight is 404 g/mol. The van der Waals surface area contributed by atoms with Crippen LogP contribution >= 0.6 is 11.6 Å². The fourth-order valence-electron chi connectivity index (χ4n) is 3.18. The van der Waals surface area contributed by atoms with Gasteiger partial charge in [-0.1, -0.05) is 17.7 Å². The van der Waals surface area contributed by atoms with Crippen molar-refractivity contribution in [1.82, 2.24) is 5.43 Å². The maximum Gasteiger partial charge on any atom is 0.427 e. The molecule has 0 aliphatic heterocycles. The van der Waals surface area contributed by atoms with Crippen molar-refractivity contribution in [2.24, 2.45) is 5.10 Å². The van der Waals surface area contributed by atoms with E-state index in [1.165, 1.54) is 0 Å². The van der Waals surface area contributed by atoms with E-state index >= 15 is 0 Å². The fraction of sp³-hybridized carbons (Fsp3) is 0.350. The number of carbonyl (C=O) groups excluding carboxylic acids is 2. The smallest absolute Gasteiger partial charge is 0.427 e. The zero-order chi connectivity index (χ0) is 20.3. The standard InChI is InChI=1S/C20H22ClN3O4/c1-4-27-20(26)24-23-14-6-5-7-16-17(14)12(3)18(28-16)19(25)22-15-10-13(21)9-8-11(15)2/h8-10H,4-7H2,1-3H3,(H,22,25)(H,24,26)/b23-14+. The summed E-state index contributed by atoms with van der Waals surface area (Å²) in [6.07, 6.45) is 1.59. The molecule has 3 rings (SSSR count). The van der Waals surface area contributed by atoms with Gasteiger partial charge < -0.3 is 14.5 Å². The highest BCUT2D eigenvalue weighted by Gasteiger charge is 2.28. The van der Waals surface area contributed by atoms with Crippen molar-refractivity contribution in [2.45, 2.75) is 40.0 Å². The van der Waals surface area contributed by atoms with Gasteiger partial charge in [0.05, 0.1) is 12.3 Å². The van der Waals surface area contributed by atoms with Crippen LogP contribution < -0.4 is 10.7 Å². The number of fused-ring (bicyclic) bond motifs is 1. The molecule has 2 amide bonds. The average Bonchev–Trinajstić information content (AvgIpc) is 3.01. The number of nitrogens with zero attached hydrogens (tertiary/aromatic N) is 1. The molecule has 0 spiro atoms. The van der Waals surface area contributed by atoms with Gasteiger partial charge in [0, 0.05) is 28.3 Å². The first-order chi connectivity index (χ1) is 13.4. The number of benzene rings is 1. The molecule has 28 heavy (non-hydrogen) atoms. The summed E-state index contributed by atoms with van der Waals surface area (Å²) in [5, 5.41) is 7.56. The van der Waals surface area contributed by atoms with Crippen LogP contribution in [0.25, 0.3) is 0 Å². The number of nitrogens with one attached hydrogen (secondary N) is 2. The number of hydrazone groups is 1. The first-order valence-corrected chi connectivity index (χ1v) is 9.48. The van der Waals surface area contributed by atoms with Gasteiger partial charge in [-0.3, -0.25) is 4.79 Å². The second-order valence-corrected chi connectivity index (χ2v) is 6.95. The molecule has 1 heterocycles. The van der Waals surface area contributed by atoms with E-state index in [-0.39, 0.29) is 18.3 Å². The molecule has 0 saturated carbocycles. The van der Waals surface area contributed by atoms with Crippen LogP contribution in [0.15, 0.2) is 27.7 Å². The third kappa shape index (κ3) is 4.20. The number of halogens is 1. The Bertz CT molecular complexity index is 949. The highest BCUT2D eigenvalue weighted by Crippen LogP contribution is 2.31. The number of hydrogen-bond donors (Lipinski definition) is 2. The van der Waals surface area contributed by atoms with Gasteiger partial charge >= 0.3 is 6.09 Å². The number of furan rings is 1. The predicted molar refractivity (Wildman–Crippen MR) is 107 cm³/mol. The van der Waals surface area contributed by atoms with Crippen molar-refractivity contribution >= 4 is 35.0 Å². The fourth-order valence-corrected chi connectivity index (χ4v) is 3.35. The Morgan fingerprint density at radius 2 is 2.07 bits per heavy atom. The van der Waals surface area contributed by atoms with Crippen molar-refractivity contribution in [2.75, 3.05) is 11.9 Å². The molecule has 8 heteroatoms. The first-order valence-electron chi connectivity index (χ1n) is 9.10. The van der Waals surface area contributed by atoms with Gasteiger partial charge in [0.15, 0.2) is 5.76 Å². The molecule has 0 atom stereocenters. The summed E-state index contributed by atoms with van der Waals surface area (Å²) in [6, 6.07) is 5.30. The topological polar surface area (TPSA) is 92.9 Å². The molecule has 2 aromatic rings. The minimum absolute atomic E-state index is 0.232. The van der Waals surface area contributed by atoms with Crippen LogP contribution in [0, 0.1) is 13.8 Å². The molecule has 2 N–H and O–H groups in total. The highest BCUT2D eigenvalue weighted by atomic mass is 35.5. The van der Waals surface area contributed by atoms with E-state index in [0.29, 0.717) is 40.6 Å². The number of rotatable bonds is 4. The largest absolute Gasteiger partial charge is 0.455 e. The molecule has 0 saturated heterocycles. The summed E-state index contributed by atoms with van der Waals surface area (Å²) in [4.78, 5) is 24.3. The molecule has 1 aromatic carbocycles. The molecular weight excluding hydrogens is 382 g/mol. The quantitative estimate of drug-likeness (QED) is 0.730.